The van der Waals surface area contributed by atoms with E-state index in [1.165, 1.54) is 6.07 Å². The number of nitrogens with zero attached hydrogens (tertiary/aromatic N) is 1. The molecule has 0 atom stereocenters. The predicted octanol–water partition coefficient (Wildman–Crippen LogP) is 3.45. The van der Waals surface area contributed by atoms with Crippen molar-refractivity contribution in [2.24, 2.45) is 0 Å². The van der Waals surface area contributed by atoms with Gasteiger partial charge in [-0.15, -0.1) is 0 Å². The highest BCUT2D eigenvalue weighted by Gasteiger charge is 2.11. The molecule has 0 saturated carbocycles. The summed E-state index contributed by atoms with van der Waals surface area (Å²) in [6.07, 6.45) is 1.55. The first-order valence-corrected chi connectivity index (χ1v) is 5.85. The van der Waals surface area contributed by atoms with Crippen molar-refractivity contribution in [1.82, 2.24) is 4.98 Å². The molecule has 0 bridgehead atoms. The van der Waals surface area contributed by atoms with Crippen LogP contribution in [-0.2, 0) is 11.3 Å². The molecule has 0 fully saturated rings. The van der Waals surface area contributed by atoms with Gasteiger partial charge in [-0.05, 0) is 34.1 Å². The van der Waals surface area contributed by atoms with Crippen molar-refractivity contribution >= 4 is 33.5 Å². The first-order valence-electron chi connectivity index (χ1n) is 4.68. The lowest BCUT2D eigenvalue weighted by Crippen LogP contribution is -2.04. The van der Waals surface area contributed by atoms with Gasteiger partial charge in [0.25, 0.3) is 0 Å². The number of ether oxygens (including phenoxy) is 1. The Labute approximate surface area is 111 Å². The Hall–Kier alpha value is -1.33. The van der Waals surface area contributed by atoms with Crippen molar-refractivity contribution < 1.29 is 13.9 Å². The molecule has 17 heavy (non-hydrogen) atoms. The second kappa shape index (κ2) is 5.33. The molecule has 2 heterocycles. The number of aromatic nitrogens is 1. The minimum absolute atomic E-state index is 0.126. The highest BCUT2D eigenvalue weighted by molar-refractivity contribution is 9.10. The average Bonchev–Trinajstić information content (AvgIpc) is 2.75. The third-order valence-electron chi connectivity index (χ3n) is 1.93. The van der Waals surface area contributed by atoms with Gasteiger partial charge in [-0.1, -0.05) is 17.7 Å². The second-order valence-electron chi connectivity index (χ2n) is 3.17. The van der Waals surface area contributed by atoms with Gasteiger partial charge in [0.15, 0.2) is 4.67 Å². The molecule has 0 spiro atoms. The van der Waals surface area contributed by atoms with Crippen LogP contribution in [0.4, 0.5) is 0 Å². The van der Waals surface area contributed by atoms with Crippen molar-refractivity contribution in [2.75, 3.05) is 0 Å². The lowest BCUT2D eigenvalue weighted by atomic mass is 10.3. The Balaban J connectivity index is 1.94. The minimum atomic E-state index is -0.523. The number of furan rings is 1. The number of rotatable bonds is 3. The van der Waals surface area contributed by atoms with E-state index in [1.807, 2.05) is 0 Å². The third kappa shape index (κ3) is 3.31. The molecule has 2 rings (SSSR count). The van der Waals surface area contributed by atoms with E-state index in [-0.39, 0.29) is 12.4 Å². The molecule has 0 amide bonds. The fourth-order valence-corrected chi connectivity index (χ4v) is 1.55. The van der Waals surface area contributed by atoms with Crippen LogP contribution in [-0.4, -0.2) is 11.0 Å². The summed E-state index contributed by atoms with van der Waals surface area (Å²) in [6, 6.07) is 6.53. The van der Waals surface area contributed by atoms with Gasteiger partial charge >= 0.3 is 5.97 Å². The van der Waals surface area contributed by atoms with E-state index in [1.54, 1.807) is 24.4 Å². The van der Waals surface area contributed by atoms with E-state index in [2.05, 4.69) is 20.9 Å². The van der Waals surface area contributed by atoms with Crippen LogP contribution in [0.25, 0.3) is 0 Å². The van der Waals surface area contributed by atoms with E-state index < -0.39 is 5.97 Å². The molecule has 0 radical (unpaired) electrons. The van der Waals surface area contributed by atoms with Gasteiger partial charge in [-0.3, -0.25) is 0 Å². The molecule has 4 nitrogen and oxygen atoms in total. The van der Waals surface area contributed by atoms with E-state index in [0.717, 1.165) is 5.56 Å². The lowest BCUT2D eigenvalue weighted by Gasteiger charge is -2.02. The number of carbonyl (C=O) groups excluding carboxylic acids is 1. The Morgan fingerprint density at radius 1 is 1.41 bits per heavy atom. The topological polar surface area (TPSA) is 52.3 Å². The number of hydrogen-bond donors (Lipinski definition) is 0. The van der Waals surface area contributed by atoms with Gasteiger partial charge < -0.3 is 9.15 Å². The van der Waals surface area contributed by atoms with Crippen LogP contribution in [0.3, 0.4) is 0 Å². The Morgan fingerprint density at radius 2 is 2.24 bits per heavy atom. The molecule has 0 aliphatic rings. The minimum Gasteiger partial charge on any atom is -0.455 e. The van der Waals surface area contributed by atoms with Crippen LogP contribution in [0.5, 0.6) is 0 Å². The summed E-state index contributed by atoms with van der Waals surface area (Å²) in [5.74, 6) is -0.371. The predicted molar refractivity (Wildman–Crippen MR) is 64.8 cm³/mol. The van der Waals surface area contributed by atoms with Crippen molar-refractivity contribution in [3.05, 3.63) is 51.6 Å². The number of esters is 1. The summed E-state index contributed by atoms with van der Waals surface area (Å²) >= 11 is 8.74. The number of pyridine rings is 1. The van der Waals surface area contributed by atoms with E-state index in [4.69, 9.17) is 20.8 Å². The van der Waals surface area contributed by atoms with Gasteiger partial charge in [0.05, 0.1) is 0 Å². The maximum atomic E-state index is 11.5. The molecule has 0 aromatic carbocycles. The Morgan fingerprint density at radius 3 is 2.82 bits per heavy atom. The average molecular weight is 317 g/mol. The van der Waals surface area contributed by atoms with Gasteiger partial charge in [0.2, 0.25) is 5.76 Å². The zero-order valence-corrected chi connectivity index (χ0v) is 10.9. The first kappa shape index (κ1) is 12.1. The monoisotopic (exact) mass is 315 g/mol. The lowest BCUT2D eigenvalue weighted by molar-refractivity contribution is 0.0434. The molecular weight excluding hydrogens is 309 g/mol. The van der Waals surface area contributed by atoms with E-state index in [0.29, 0.717) is 9.82 Å². The molecule has 2 aromatic heterocycles. The van der Waals surface area contributed by atoms with E-state index >= 15 is 0 Å². The summed E-state index contributed by atoms with van der Waals surface area (Å²) in [6.45, 7) is 0.126. The molecule has 0 aliphatic heterocycles. The maximum Gasteiger partial charge on any atom is 0.374 e. The fourth-order valence-electron chi connectivity index (χ4n) is 1.14. The van der Waals surface area contributed by atoms with Crippen LogP contribution in [0.2, 0.25) is 5.15 Å². The van der Waals surface area contributed by atoms with Gasteiger partial charge in [0.1, 0.15) is 11.8 Å². The molecule has 6 heteroatoms. The smallest absolute Gasteiger partial charge is 0.374 e. The van der Waals surface area contributed by atoms with Gasteiger partial charge in [0, 0.05) is 11.8 Å². The summed E-state index contributed by atoms with van der Waals surface area (Å²) in [5.41, 5.74) is 0.758. The molecule has 0 N–H and O–H groups in total. The quantitative estimate of drug-likeness (QED) is 0.643. The van der Waals surface area contributed by atoms with Crippen LogP contribution in [0.15, 0.2) is 39.5 Å². The SMILES string of the molecule is O=C(OCc1ccc(Cl)nc1)c1ccc(Br)o1. The first-order chi connectivity index (χ1) is 8.15. The Kier molecular flexibility index (Phi) is 3.81. The number of hydrogen-bond acceptors (Lipinski definition) is 4. The zero-order chi connectivity index (χ0) is 12.3. The van der Waals surface area contributed by atoms with Crippen molar-refractivity contribution in [2.45, 2.75) is 6.61 Å². The van der Waals surface area contributed by atoms with Crippen molar-refractivity contribution in [3.63, 3.8) is 0 Å². The van der Waals surface area contributed by atoms with Crippen LogP contribution >= 0.6 is 27.5 Å². The van der Waals surface area contributed by atoms with E-state index in [9.17, 15) is 4.79 Å². The normalized spacial score (nSPS) is 10.2. The summed E-state index contributed by atoms with van der Waals surface area (Å²) < 4.78 is 10.6. The molecule has 0 aliphatic carbocycles. The van der Waals surface area contributed by atoms with Gasteiger partial charge in [-0.25, -0.2) is 9.78 Å². The zero-order valence-electron chi connectivity index (χ0n) is 8.52. The molecule has 88 valence electrons. The molecule has 2 aromatic rings. The number of halogens is 2. The summed E-state index contributed by atoms with van der Waals surface area (Å²) in [5, 5.41) is 0.398. The number of carbonyl (C=O) groups is 1. The standard InChI is InChI=1S/C11H7BrClNO3/c12-9-3-2-8(17-9)11(15)16-6-7-1-4-10(13)14-5-7/h1-5H,6H2. The Bertz CT molecular complexity index is 524. The molecular formula is C11H7BrClNO3. The third-order valence-corrected chi connectivity index (χ3v) is 2.58. The fraction of sp³-hybridized carbons (Fsp3) is 0.0909. The van der Waals surface area contributed by atoms with Crippen LogP contribution in [0, 0.1) is 0 Å². The van der Waals surface area contributed by atoms with Crippen molar-refractivity contribution in [3.8, 4) is 0 Å². The van der Waals surface area contributed by atoms with Gasteiger partial charge in [-0.2, -0.15) is 0 Å². The second-order valence-corrected chi connectivity index (χ2v) is 4.34. The van der Waals surface area contributed by atoms with Crippen LogP contribution < -0.4 is 0 Å². The molecule has 0 saturated heterocycles. The van der Waals surface area contributed by atoms with Crippen LogP contribution in [0.1, 0.15) is 16.1 Å². The maximum absolute atomic E-state index is 11.5. The largest absolute Gasteiger partial charge is 0.455 e. The summed E-state index contributed by atoms with van der Waals surface area (Å²) in [7, 11) is 0. The van der Waals surface area contributed by atoms with Crippen molar-refractivity contribution in [1.29, 1.82) is 0 Å². The molecule has 0 unspecified atom stereocenters. The highest BCUT2D eigenvalue weighted by atomic mass is 79.9. The summed E-state index contributed by atoms with van der Waals surface area (Å²) in [4.78, 5) is 15.4. The highest BCUT2D eigenvalue weighted by Crippen LogP contribution is 2.15.